The Balaban J connectivity index is 1.84. The number of anilines is 1. The highest BCUT2D eigenvalue weighted by molar-refractivity contribution is 7.16. The fraction of sp³-hybridized carbons (Fsp3) is 0.667. The molecule has 3 nitrogen and oxygen atoms in total. The summed E-state index contributed by atoms with van der Waals surface area (Å²) in [6.45, 7) is 6.94. The highest BCUT2D eigenvalue weighted by Gasteiger charge is 2.35. The Morgan fingerprint density at radius 1 is 1.41 bits per heavy atom. The summed E-state index contributed by atoms with van der Waals surface area (Å²) in [4.78, 5) is 13.3. The lowest BCUT2D eigenvalue weighted by Crippen LogP contribution is -2.28. The largest absolute Gasteiger partial charge is 0.316 e. The Bertz CT molecular complexity index is 634. The van der Waals surface area contributed by atoms with Crippen molar-refractivity contribution in [2.24, 2.45) is 17.3 Å². The van der Waals surface area contributed by atoms with Crippen molar-refractivity contribution in [2.45, 2.75) is 59.3 Å². The maximum atomic E-state index is 12.0. The van der Waals surface area contributed by atoms with Crippen LogP contribution < -0.4 is 5.32 Å². The summed E-state index contributed by atoms with van der Waals surface area (Å²) in [5, 5.41) is 13.3. The van der Waals surface area contributed by atoms with Gasteiger partial charge in [0, 0.05) is 10.8 Å². The number of amides is 1. The number of carbonyl (C=O) groups is 1. The van der Waals surface area contributed by atoms with Gasteiger partial charge in [0.2, 0.25) is 5.91 Å². The first-order chi connectivity index (χ1) is 10.5. The van der Waals surface area contributed by atoms with Gasteiger partial charge in [-0.1, -0.05) is 27.2 Å². The van der Waals surface area contributed by atoms with Crippen LogP contribution in [-0.2, 0) is 17.6 Å². The van der Waals surface area contributed by atoms with Gasteiger partial charge in [0.05, 0.1) is 5.56 Å². The molecule has 1 amide bonds. The lowest BCUT2D eigenvalue weighted by Gasteiger charge is -2.36. The van der Waals surface area contributed by atoms with Crippen molar-refractivity contribution in [1.82, 2.24) is 0 Å². The van der Waals surface area contributed by atoms with E-state index in [-0.39, 0.29) is 11.8 Å². The second-order valence-electron chi connectivity index (χ2n) is 7.37. The van der Waals surface area contributed by atoms with Crippen LogP contribution in [0.25, 0.3) is 0 Å². The van der Waals surface area contributed by atoms with Gasteiger partial charge in [0.25, 0.3) is 0 Å². The predicted octanol–water partition coefficient (Wildman–Crippen LogP) is 4.51. The maximum absolute atomic E-state index is 12.0. The van der Waals surface area contributed by atoms with Gasteiger partial charge in [-0.25, -0.2) is 0 Å². The van der Waals surface area contributed by atoms with E-state index in [9.17, 15) is 10.1 Å². The lowest BCUT2D eigenvalue weighted by atomic mass is 9.69. The molecule has 0 aliphatic heterocycles. The van der Waals surface area contributed by atoms with Crippen LogP contribution in [0.2, 0.25) is 0 Å². The van der Waals surface area contributed by atoms with Gasteiger partial charge in [0.1, 0.15) is 11.1 Å². The summed E-state index contributed by atoms with van der Waals surface area (Å²) in [6.07, 6.45) is 6.33. The van der Waals surface area contributed by atoms with Gasteiger partial charge in [-0.2, -0.15) is 5.26 Å². The van der Waals surface area contributed by atoms with Crippen molar-refractivity contribution in [3.05, 3.63) is 16.0 Å². The third-order valence-electron chi connectivity index (χ3n) is 5.58. The molecule has 3 rings (SSSR count). The molecular weight excluding hydrogens is 292 g/mol. The van der Waals surface area contributed by atoms with Gasteiger partial charge in [-0.15, -0.1) is 11.3 Å². The van der Waals surface area contributed by atoms with Crippen molar-refractivity contribution in [3.8, 4) is 6.07 Å². The summed E-state index contributed by atoms with van der Waals surface area (Å²) in [6, 6.07) is 2.33. The lowest BCUT2D eigenvalue weighted by molar-refractivity contribution is -0.117. The first-order valence-electron chi connectivity index (χ1n) is 8.31. The summed E-state index contributed by atoms with van der Waals surface area (Å²) in [5.41, 5.74) is 2.26. The highest BCUT2D eigenvalue weighted by atomic mass is 32.1. The Labute approximate surface area is 136 Å². The zero-order valence-electron chi connectivity index (χ0n) is 13.7. The molecule has 4 heteroatoms. The number of hydrogen-bond acceptors (Lipinski definition) is 3. The van der Waals surface area contributed by atoms with Crippen LogP contribution in [-0.4, -0.2) is 5.91 Å². The van der Waals surface area contributed by atoms with Crippen LogP contribution in [0.5, 0.6) is 0 Å². The fourth-order valence-corrected chi connectivity index (χ4v) is 4.59. The molecule has 0 aromatic carbocycles. The molecular formula is C18H24N2OS. The minimum Gasteiger partial charge on any atom is -0.316 e. The third kappa shape index (κ3) is 2.79. The standard InChI is InChI=1S/C18H24N2OS/c1-4-18(2,3)12-7-8-13-14(10-19)17(22-15(13)9-12)20-16(21)11-5-6-11/h11-12H,4-9H2,1-3H3,(H,20,21)/t12-/m1/s1. The van der Waals surface area contributed by atoms with Gasteiger partial charge in [-0.05, 0) is 49.0 Å². The molecule has 1 atom stereocenters. The molecule has 1 fully saturated rings. The first-order valence-corrected chi connectivity index (χ1v) is 9.13. The first kappa shape index (κ1) is 15.6. The van der Waals surface area contributed by atoms with E-state index in [4.69, 9.17) is 0 Å². The predicted molar refractivity (Wildman–Crippen MR) is 90.0 cm³/mol. The second kappa shape index (κ2) is 5.70. The van der Waals surface area contributed by atoms with E-state index in [1.165, 1.54) is 16.9 Å². The van der Waals surface area contributed by atoms with E-state index in [0.717, 1.165) is 42.7 Å². The Kier molecular flexibility index (Phi) is 4.03. The van der Waals surface area contributed by atoms with E-state index in [1.54, 1.807) is 11.3 Å². The third-order valence-corrected chi connectivity index (χ3v) is 6.75. The molecule has 0 spiro atoms. The molecule has 1 aromatic rings. The second-order valence-corrected chi connectivity index (χ2v) is 8.47. The minimum absolute atomic E-state index is 0.0977. The molecule has 2 aliphatic rings. The highest BCUT2D eigenvalue weighted by Crippen LogP contribution is 2.45. The van der Waals surface area contributed by atoms with Crippen LogP contribution in [0.1, 0.15) is 62.5 Å². The monoisotopic (exact) mass is 316 g/mol. The minimum atomic E-state index is 0.0977. The molecule has 1 heterocycles. The van der Waals surface area contributed by atoms with Crippen molar-refractivity contribution in [1.29, 1.82) is 5.26 Å². The molecule has 118 valence electrons. The van der Waals surface area contributed by atoms with Crippen LogP contribution in [0.3, 0.4) is 0 Å². The van der Waals surface area contributed by atoms with E-state index in [2.05, 4.69) is 32.2 Å². The fourth-order valence-electron chi connectivity index (χ4n) is 3.31. The molecule has 1 aromatic heterocycles. The quantitative estimate of drug-likeness (QED) is 0.888. The van der Waals surface area contributed by atoms with Crippen molar-refractivity contribution in [3.63, 3.8) is 0 Å². The smallest absolute Gasteiger partial charge is 0.228 e. The van der Waals surface area contributed by atoms with Gasteiger partial charge in [0.15, 0.2) is 0 Å². The number of nitrogens with zero attached hydrogens (tertiary/aromatic N) is 1. The average molecular weight is 316 g/mol. The molecule has 0 bridgehead atoms. The van der Waals surface area contributed by atoms with Gasteiger partial charge in [-0.3, -0.25) is 4.79 Å². The molecule has 2 aliphatic carbocycles. The molecule has 1 saturated carbocycles. The Morgan fingerprint density at radius 3 is 2.73 bits per heavy atom. The molecule has 1 N–H and O–H groups in total. The molecule has 0 unspecified atom stereocenters. The van der Waals surface area contributed by atoms with E-state index in [1.807, 2.05) is 0 Å². The van der Waals surface area contributed by atoms with Crippen molar-refractivity contribution in [2.75, 3.05) is 5.32 Å². The number of hydrogen-bond donors (Lipinski definition) is 1. The normalized spacial score (nSPS) is 21.1. The zero-order chi connectivity index (χ0) is 15.9. The van der Waals surface area contributed by atoms with E-state index in [0.29, 0.717) is 11.3 Å². The van der Waals surface area contributed by atoms with Crippen LogP contribution in [0, 0.1) is 28.6 Å². The topological polar surface area (TPSA) is 52.9 Å². The number of thiophene rings is 1. The Hall–Kier alpha value is -1.34. The number of carbonyl (C=O) groups excluding carboxylic acids is 1. The SMILES string of the molecule is CCC(C)(C)[C@@H]1CCc2c(sc(NC(=O)C3CC3)c2C#N)C1. The zero-order valence-corrected chi connectivity index (χ0v) is 14.5. The maximum Gasteiger partial charge on any atom is 0.228 e. The summed E-state index contributed by atoms with van der Waals surface area (Å²) >= 11 is 1.64. The van der Waals surface area contributed by atoms with Crippen molar-refractivity contribution >= 4 is 22.2 Å². The van der Waals surface area contributed by atoms with Crippen LogP contribution >= 0.6 is 11.3 Å². The van der Waals surface area contributed by atoms with E-state index < -0.39 is 0 Å². The number of nitriles is 1. The average Bonchev–Trinajstić information content (AvgIpc) is 3.29. The summed E-state index contributed by atoms with van der Waals surface area (Å²) < 4.78 is 0. The summed E-state index contributed by atoms with van der Waals surface area (Å²) in [5.74, 6) is 0.945. The molecule has 22 heavy (non-hydrogen) atoms. The van der Waals surface area contributed by atoms with Gasteiger partial charge < -0.3 is 5.32 Å². The number of fused-ring (bicyclic) bond motifs is 1. The molecule has 0 saturated heterocycles. The number of nitrogens with one attached hydrogen (secondary N) is 1. The molecule has 0 radical (unpaired) electrons. The van der Waals surface area contributed by atoms with Gasteiger partial charge >= 0.3 is 0 Å². The Morgan fingerprint density at radius 2 is 2.14 bits per heavy atom. The van der Waals surface area contributed by atoms with Crippen LogP contribution in [0.4, 0.5) is 5.00 Å². The van der Waals surface area contributed by atoms with Crippen LogP contribution in [0.15, 0.2) is 0 Å². The van der Waals surface area contributed by atoms with Crippen molar-refractivity contribution < 1.29 is 4.79 Å². The summed E-state index contributed by atoms with van der Waals surface area (Å²) in [7, 11) is 0. The van der Waals surface area contributed by atoms with E-state index >= 15 is 0 Å². The number of rotatable bonds is 4.